The Kier molecular flexibility index (Phi) is 7.40. The number of amides is 2. The molecule has 1 N–H and O–H groups in total. The van der Waals surface area contributed by atoms with Gasteiger partial charge in [0.25, 0.3) is 5.91 Å². The topological polar surface area (TPSA) is 65.1 Å². The van der Waals surface area contributed by atoms with Crippen LogP contribution < -0.4 is 10.1 Å². The van der Waals surface area contributed by atoms with E-state index < -0.39 is 0 Å². The van der Waals surface area contributed by atoms with E-state index in [1.54, 1.807) is 13.2 Å². The Labute approximate surface area is 203 Å². The third kappa shape index (κ3) is 5.25. The highest BCUT2D eigenvalue weighted by atomic mass is 16.5. The highest BCUT2D eigenvalue weighted by molar-refractivity contribution is 5.98. The Morgan fingerprint density at radius 1 is 1.06 bits per heavy atom. The van der Waals surface area contributed by atoms with Gasteiger partial charge in [0.2, 0.25) is 5.91 Å². The minimum absolute atomic E-state index is 0.0525. The SMILES string of the molecule is COc1cccc(C(=O)N2CC(N(CC3CCCCC3)C3CC3)CC2C(=O)N2CCNCC2)c1. The summed E-state index contributed by atoms with van der Waals surface area (Å²) in [4.78, 5) is 33.9. The summed E-state index contributed by atoms with van der Waals surface area (Å²) in [5, 5.41) is 3.33. The second kappa shape index (κ2) is 10.6. The normalized spacial score (nSPS) is 26.2. The number of benzene rings is 1. The Morgan fingerprint density at radius 3 is 2.53 bits per heavy atom. The molecule has 34 heavy (non-hydrogen) atoms. The average molecular weight is 469 g/mol. The fourth-order valence-corrected chi connectivity index (χ4v) is 6.20. The lowest BCUT2D eigenvalue weighted by molar-refractivity contribution is -0.135. The third-order valence-corrected chi connectivity index (χ3v) is 8.25. The number of nitrogens with zero attached hydrogens (tertiary/aromatic N) is 3. The van der Waals surface area contributed by atoms with Crippen LogP contribution in [-0.4, -0.2) is 91.0 Å². The Morgan fingerprint density at radius 2 is 1.82 bits per heavy atom. The van der Waals surface area contributed by atoms with Gasteiger partial charge < -0.3 is 19.9 Å². The largest absolute Gasteiger partial charge is 0.497 e. The minimum atomic E-state index is -0.380. The summed E-state index contributed by atoms with van der Waals surface area (Å²) in [6.45, 7) is 4.85. The third-order valence-electron chi connectivity index (χ3n) is 8.25. The van der Waals surface area contributed by atoms with Crippen molar-refractivity contribution in [1.82, 2.24) is 20.0 Å². The molecule has 1 aromatic rings. The number of carbonyl (C=O) groups is 2. The second-order valence-electron chi connectivity index (χ2n) is 10.6. The summed E-state index contributed by atoms with van der Waals surface area (Å²) in [5.41, 5.74) is 0.600. The number of ether oxygens (including phenoxy) is 1. The summed E-state index contributed by atoms with van der Waals surface area (Å²) >= 11 is 0. The minimum Gasteiger partial charge on any atom is -0.497 e. The predicted octanol–water partition coefficient (Wildman–Crippen LogP) is 2.75. The lowest BCUT2D eigenvalue weighted by atomic mass is 9.88. The summed E-state index contributed by atoms with van der Waals surface area (Å²) in [5.74, 6) is 1.50. The van der Waals surface area contributed by atoms with Gasteiger partial charge >= 0.3 is 0 Å². The Hall–Kier alpha value is -2.12. The molecule has 2 unspecified atom stereocenters. The van der Waals surface area contributed by atoms with Gasteiger partial charge in [-0.25, -0.2) is 0 Å². The quantitative estimate of drug-likeness (QED) is 0.667. The van der Waals surface area contributed by atoms with E-state index in [2.05, 4.69) is 10.2 Å². The van der Waals surface area contributed by atoms with Gasteiger partial charge in [-0.2, -0.15) is 0 Å². The monoisotopic (exact) mass is 468 g/mol. The zero-order valence-corrected chi connectivity index (χ0v) is 20.6. The lowest BCUT2D eigenvalue weighted by Crippen LogP contribution is -2.53. The van der Waals surface area contributed by atoms with Crippen LogP contribution >= 0.6 is 0 Å². The van der Waals surface area contributed by atoms with E-state index in [1.165, 1.54) is 44.9 Å². The van der Waals surface area contributed by atoms with Gasteiger partial charge in [0.05, 0.1) is 7.11 Å². The van der Waals surface area contributed by atoms with E-state index >= 15 is 0 Å². The highest BCUT2D eigenvalue weighted by Crippen LogP contribution is 2.37. The van der Waals surface area contributed by atoms with Crippen molar-refractivity contribution in [3.05, 3.63) is 29.8 Å². The van der Waals surface area contributed by atoms with Crippen LogP contribution in [0.5, 0.6) is 5.75 Å². The number of carbonyl (C=O) groups excluding carboxylic acids is 2. The van der Waals surface area contributed by atoms with Crippen molar-refractivity contribution in [2.24, 2.45) is 5.92 Å². The van der Waals surface area contributed by atoms with Crippen LogP contribution in [-0.2, 0) is 4.79 Å². The zero-order chi connectivity index (χ0) is 23.5. The number of nitrogens with one attached hydrogen (secondary N) is 1. The first-order valence-corrected chi connectivity index (χ1v) is 13.3. The second-order valence-corrected chi connectivity index (χ2v) is 10.6. The summed E-state index contributed by atoms with van der Waals surface area (Å²) in [6.07, 6.45) is 9.97. The zero-order valence-electron chi connectivity index (χ0n) is 20.6. The molecular weight excluding hydrogens is 428 g/mol. The maximum Gasteiger partial charge on any atom is 0.254 e. The Bertz CT molecular complexity index is 861. The van der Waals surface area contributed by atoms with Gasteiger partial charge in [0.1, 0.15) is 11.8 Å². The van der Waals surface area contributed by atoms with E-state index in [-0.39, 0.29) is 23.9 Å². The van der Waals surface area contributed by atoms with Crippen molar-refractivity contribution in [2.45, 2.75) is 69.5 Å². The van der Waals surface area contributed by atoms with Crippen LogP contribution in [0.25, 0.3) is 0 Å². The molecule has 4 aliphatic rings. The number of hydrogen-bond donors (Lipinski definition) is 1. The summed E-state index contributed by atoms with van der Waals surface area (Å²) in [6, 6.07) is 7.86. The van der Waals surface area contributed by atoms with Crippen molar-refractivity contribution in [2.75, 3.05) is 46.4 Å². The molecule has 7 heteroatoms. The predicted molar refractivity (Wildman–Crippen MR) is 132 cm³/mol. The Balaban J connectivity index is 1.37. The lowest BCUT2D eigenvalue weighted by Gasteiger charge is -2.34. The van der Waals surface area contributed by atoms with E-state index in [1.807, 2.05) is 28.0 Å². The number of likely N-dealkylation sites (tertiary alicyclic amines) is 1. The molecule has 0 bridgehead atoms. The smallest absolute Gasteiger partial charge is 0.254 e. The average Bonchev–Trinajstić information content (AvgIpc) is 3.65. The number of methoxy groups -OCH3 is 1. The molecule has 2 saturated carbocycles. The molecule has 2 aliphatic carbocycles. The van der Waals surface area contributed by atoms with Crippen LogP contribution in [0.2, 0.25) is 0 Å². The van der Waals surface area contributed by atoms with Gasteiger partial charge in [-0.1, -0.05) is 25.3 Å². The number of hydrogen-bond acceptors (Lipinski definition) is 5. The van der Waals surface area contributed by atoms with Crippen molar-refractivity contribution in [1.29, 1.82) is 0 Å². The maximum atomic E-state index is 13.7. The molecule has 0 spiro atoms. The molecule has 0 radical (unpaired) electrons. The van der Waals surface area contributed by atoms with E-state index in [0.717, 1.165) is 45.1 Å². The fraction of sp³-hybridized carbons (Fsp3) is 0.704. The molecule has 2 amide bonds. The van der Waals surface area contributed by atoms with Gasteiger partial charge in [-0.3, -0.25) is 14.5 Å². The molecular formula is C27H40N4O3. The van der Waals surface area contributed by atoms with Crippen LogP contribution in [0.15, 0.2) is 24.3 Å². The first kappa shape index (κ1) is 23.6. The molecule has 186 valence electrons. The first-order valence-electron chi connectivity index (χ1n) is 13.3. The molecule has 1 aromatic carbocycles. The standard InChI is InChI=1S/C27H40N4O3/c1-34-24-9-5-8-21(16-24)26(32)31-19-23(17-25(31)27(33)29-14-12-28-13-15-29)30(22-10-11-22)18-20-6-3-2-4-7-20/h5,8-9,16,20,22-23,25,28H,2-4,6-7,10-15,17-19H2,1H3. The summed E-state index contributed by atoms with van der Waals surface area (Å²) in [7, 11) is 1.62. The molecule has 2 aliphatic heterocycles. The van der Waals surface area contributed by atoms with Gasteiger partial charge in [0.15, 0.2) is 0 Å². The van der Waals surface area contributed by atoms with Gasteiger partial charge in [0, 0.05) is 56.9 Å². The molecule has 5 rings (SSSR count). The van der Waals surface area contributed by atoms with Crippen LogP contribution in [0.1, 0.15) is 61.7 Å². The molecule has 2 heterocycles. The van der Waals surface area contributed by atoms with E-state index in [4.69, 9.17) is 4.74 Å². The maximum absolute atomic E-state index is 13.7. The van der Waals surface area contributed by atoms with Crippen molar-refractivity contribution in [3.63, 3.8) is 0 Å². The van der Waals surface area contributed by atoms with E-state index in [0.29, 0.717) is 23.9 Å². The highest BCUT2D eigenvalue weighted by Gasteiger charge is 2.46. The van der Waals surface area contributed by atoms with Crippen LogP contribution in [0, 0.1) is 5.92 Å². The van der Waals surface area contributed by atoms with Crippen molar-refractivity contribution in [3.8, 4) is 5.75 Å². The van der Waals surface area contributed by atoms with Crippen molar-refractivity contribution >= 4 is 11.8 Å². The molecule has 7 nitrogen and oxygen atoms in total. The molecule has 0 aromatic heterocycles. The molecule has 2 saturated heterocycles. The van der Waals surface area contributed by atoms with Gasteiger partial charge in [-0.15, -0.1) is 0 Å². The number of piperazine rings is 1. The summed E-state index contributed by atoms with van der Waals surface area (Å²) < 4.78 is 5.36. The van der Waals surface area contributed by atoms with Gasteiger partial charge in [-0.05, 0) is 56.2 Å². The van der Waals surface area contributed by atoms with E-state index in [9.17, 15) is 9.59 Å². The molecule has 2 atom stereocenters. The molecule has 4 fully saturated rings. The fourth-order valence-electron chi connectivity index (χ4n) is 6.20. The first-order chi connectivity index (χ1) is 16.6. The van der Waals surface area contributed by atoms with Crippen LogP contribution in [0.3, 0.4) is 0 Å². The van der Waals surface area contributed by atoms with Crippen molar-refractivity contribution < 1.29 is 14.3 Å². The van der Waals surface area contributed by atoms with Crippen LogP contribution in [0.4, 0.5) is 0 Å². The number of rotatable bonds is 7.